The second-order valence-electron chi connectivity index (χ2n) is 5.39. The summed E-state index contributed by atoms with van der Waals surface area (Å²) >= 11 is 0. The molecule has 3 N–H and O–H groups in total. The number of carbonyl (C=O) groups excluding carboxylic acids is 1. The van der Waals surface area contributed by atoms with Crippen molar-refractivity contribution in [2.45, 2.75) is 20.0 Å². The van der Waals surface area contributed by atoms with Crippen LogP contribution in [0.5, 0.6) is 0 Å². The molecule has 1 aromatic carbocycles. The molecule has 3 rings (SSSR count). The van der Waals surface area contributed by atoms with Gasteiger partial charge in [-0.3, -0.25) is 9.89 Å². The van der Waals surface area contributed by atoms with Gasteiger partial charge in [0.05, 0.1) is 30.5 Å². The Bertz CT molecular complexity index is 766. The normalized spacial score (nSPS) is 10.5. The van der Waals surface area contributed by atoms with E-state index in [-0.39, 0.29) is 5.91 Å². The Morgan fingerprint density at radius 2 is 2.08 bits per heavy atom. The third kappa shape index (κ3) is 3.62. The van der Waals surface area contributed by atoms with Crippen LogP contribution in [0.15, 0.2) is 49.1 Å². The first kappa shape index (κ1) is 15.8. The molecule has 0 aliphatic rings. The van der Waals surface area contributed by atoms with Crippen molar-refractivity contribution in [3.05, 3.63) is 66.0 Å². The molecule has 0 unspecified atom stereocenters. The largest absolute Gasteiger partial charge is 0.376 e. The molecule has 3 aromatic rings. The molecule has 2 heterocycles. The fourth-order valence-corrected chi connectivity index (χ4v) is 2.44. The molecule has 0 aliphatic heterocycles. The molecule has 0 atom stereocenters. The highest BCUT2D eigenvalue weighted by molar-refractivity contribution is 5.97. The van der Waals surface area contributed by atoms with Crippen molar-refractivity contribution >= 4 is 11.6 Å². The average Bonchev–Trinajstić information content (AvgIpc) is 3.29. The van der Waals surface area contributed by atoms with Crippen molar-refractivity contribution in [3.63, 3.8) is 0 Å². The number of amides is 1. The SMILES string of the molecule is CCN(Cc1ccccc1)C(=O)c1[nH]ncc1NCc1cnc[nH]1. The van der Waals surface area contributed by atoms with Gasteiger partial charge in [0.25, 0.3) is 5.91 Å². The zero-order valence-corrected chi connectivity index (χ0v) is 13.5. The molecule has 0 saturated heterocycles. The third-order valence-corrected chi connectivity index (χ3v) is 3.76. The highest BCUT2D eigenvalue weighted by Gasteiger charge is 2.20. The molecular weight excluding hydrogens is 304 g/mol. The summed E-state index contributed by atoms with van der Waals surface area (Å²) in [7, 11) is 0. The zero-order chi connectivity index (χ0) is 16.8. The number of carbonyl (C=O) groups is 1. The molecule has 7 nitrogen and oxygen atoms in total. The Morgan fingerprint density at radius 1 is 1.25 bits per heavy atom. The number of hydrogen-bond donors (Lipinski definition) is 3. The summed E-state index contributed by atoms with van der Waals surface area (Å²) in [5.41, 5.74) is 3.18. The quantitative estimate of drug-likeness (QED) is 0.622. The summed E-state index contributed by atoms with van der Waals surface area (Å²) in [6.45, 7) is 3.70. The van der Waals surface area contributed by atoms with E-state index < -0.39 is 0 Å². The predicted molar refractivity (Wildman–Crippen MR) is 91.4 cm³/mol. The maximum atomic E-state index is 12.8. The molecule has 0 aliphatic carbocycles. The Morgan fingerprint density at radius 3 is 2.79 bits per heavy atom. The van der Waals surface area contributed by atoms with Gasteiger partial charge in [0.1, 0.15) is 5.69 Å². The number of hydrogen-bond acceptors (Lipinski definition) is 4. The number of benzene rings is 1. The Kier molecular flexibility index (Phi) is 4.90. The molecule has 0 fully saturated rings. The second-order valence-corrected chi connectivity index (χ2v) is 5.39. The lowest BCUT2D eigenvalue weighted by Gasteiger charge is -2.21. The van der Waals surface area contributed by atoms with E-state index in [0.717, 1.165) is 11.3 Å². The second kappa shape index (κ2) is 7.45. The number of nitrogens with zero attached hydrogens (tertiary/aromatic N) is 3. The van der Waals surface area contributed by atoms with Crippen molar-refractivity contribution in [1.29, 1.82) is 0 Å². The fraction of sp³-hybridized carbons (Fsp3) is 0.235. The zero-order valence-electron chi connectivity index (χ0n) is 13.5. The van der Waals surface area contributed by atoms with E-state index in [1.54, 1.807) is 23.6 Å². The van der Waals surface area contributed by atoms with Gasteiger partial charge in [-0.2, -0.15) is 5.10 Å². The van der Waals surface area contributed by atoms with E-state index in [4.69, 9.17) is 0 Å². The number of rotatable bonds is 7. The van der Waals surface area contributed by atoms with Crippen LogP contribution in [0.2, 0.25) is 0 Å². The summed E-state index contributed by atoms with van der Waals surface area (Å²) in [5.74, 6) is -0.0778. The lowest BCUT2D eigenvalue weighted by molar-refractivity contribution is 0.0747. The van der Waals surface area contributed by atoms with Crippen LogP contribution in [-0.4, -0.2) is 37.5 Å². The summed E-state index contributed by atoms with van der Waals surface area (Å²) in [6, 6.07) is 9.94. The number of imidazole rings is 1. The molecule has 0 spiro atoms. The summed E-state index contributed by atoms with van der Waals surface area (Å²) in [6.07, 6.45) is 4.99. The number of nitrogens with one attached hydrogen (secondary N) is 3. The fourth-order valence-electron chi connectivity index (χ4n) is 2.44. The first-order valence-electron chi connectivity index (χ1n) is 7.85. The average molecular weight is 324 g/mol. The van der Waals surface area contributed by atoms with E-state index in [2.05, 4.69) is 25.5 Å². The number of aromatic nitrogens is 4. The van der Waals surface area contributed by atoms with Crippen LogP contribution in [0.4, 0.5) is 5.69 Å². The topological polar surface area (TPSA) is 89.7 Å². The van der Waals surface area contributed by atoms with Crippen molar-refractivity contribution in [1.82, 2.24) is 25.1 Å². The maximum Gasteiger partial charge on any atom is 0.274 e. The van der Waals surface area contributed by atoms with E-state index in [1.807, 2.05) is 37.3 Å². The first-order chi connectivity index (χ1) is 11.8. The van der Waals surface area contributed by atoms with Gasteiger partial charge in [-0.25, -0.2) is 4.98 Å². The molecule has 1 amide bonds. The van der Waals surface area contributed by atoms with Crippen LogP contribution in [0.25, 0.3) is 0 Å². The highest BCUT2D eigenvalue weighted by atomic mass is 16.2. The van der Waals surface area contributed by atoms with Crippen LogP contribution in [0.3, 0.4) is 0 Å². The van der Waals surface area contributed by atoms with Crippen molar-refractivity contribution in [2.75, 3.05) is 11.9 Å². The molecule has 2 aromatic heterocycles. The van der Waals surface area contributed by atoms with Gasteiger partial charge < -0.3 is 15.2 Å². The van der Waals surface area contributed by atoms with E-state index >= 15 is 0 Å². The Balaban J connectivity index is 1.70. The van der Waals surface area contributed by atoms with Crippen LogP contribution in [0, 0.1) is 0 Å². The van der Waals surface area contributed by atoms with Gasteiger partial charge in [0, 0.05) is 19.3 Å². The number of anilines is 1. The van der Waals surface area contributed by atoms with Crippen molar-refractivity contribution < 1.29 is 4.79 Å². The maximum absolute atomic E-state index is 12.8. The van der Waals surface area contributed by atoms with E-state index in [1.165, 1.54) is 0 Å². The lowest BCUT2D eigenvalue weighted by atomic mass is 10.2. The summed E-state index contributed by atoms with van der Waals surface area (Å²) in [5, 5.41) is 10.0. The van der Waals surface area contributed by atoms with Crippen LogP contribution < -0.4 is 5.32 Å². The van der Waals surface area contributed by atoms with Crippen LogP contribution in [0.1, 0.15) is 28.7 Å². The van der Waals surface area contributed by atoms with Gasteiger partial charge in [-0.15, -0.1) is 0 Å². The van der Waals surface area contributed by atoms with E-state index in [0.29, 0.717) is 31.0 Å². The molecular formula is C17H20N6O. The minimum atomic E-state index is -0.0778. The predicted octanol–water partition coefficient (Wildman–Crippen LogP) is 2.41. The van der Waals surface area contributed by atoms with Gasteiger partial charge in [0.15, 0.2) is 0 Å². The smallest absolute Gasteiger partial charge is 0.274 e. The highest BCUT2D eigenvalue weighted by Crippen LogP contribution is 2.16. The molecule has 124 valence electrons. The molecule has 7 heteroatoms. The van der Waals surface area contributed by atoms with Gasteiger partial charge in [0.2, 0.25) is 0 Å². The summed E-state index contributed by atoms with van der Waals surface area (Å²) in [4.78, 5) is 21.6. The van der Waals surface area contributed by atoms with Crippen molar-refractivity contribution in [3.8, 4) is 0 Å². The van der Waals surface area contributed by atoms with Gasteiger partial charge >= 0.3 is 0 Å². The van der Waals surface area contributed by atoms with E-state index in [9.17, 15) is 4.79 Å². The standard InChI is InChI=1S/C17H20N6O/c1-2-23(11-13-6-4-3-5-7-13)17(24)16-15(10-21-22-16)19-9-14-8-18-12-20-14/h3-8,10,12,19H,2,9,11H2,1H3,(H,18,20)(H,21,22). The minimum absolute atomic E-state index is 0.0778. The molecule has 0 saturated carbocycles. The molecule has 0 radical (unpaired) electrons. The minimum Gasteiger partial charge on any atom is -0.376 e. The summed E-state index contributed by atoms with van der Waals surface area (Å²) < 4.78 is 0. The number of H-pyrrole nitrogens is 2. The third-order valence-electron chi connectivity index (χ3n) is 3.76. The lowest BCUT2D eigenvalue weighted by Crippen LogP contribution is -2.31. The molecule has 0 bridgehead atoms. The van der Waals surface area contributed by atoms with Gasteiger partial charge in [-0.1, -0.05) is 30.3 Å². The Labute approximate surface area is 140 Å². The Hall–Kier alpha value is -3.09. The molecule has 24 heavy (non-hydrogen) atoms. The monoisotopic (exact) mass is 324 g/mol. The van der Waals surface area contributed by atoms with Crippen LogP contribution in [-0.2, 0) is 13.1 Å². The van der Waals surface area contributed by atoms with Crippen LogP contribution >= 0.6 is 0 Å². The van der Waals surface area contributed by atoms with Crippen molar-refractivity contribution in [2.24, 2.45) is 0 Å². The van der Waals surface area contributed by atoms with Gasteiger partial charge in [-0.05, 0) is 12.5 Å². The first-order valence-corrected chi connectivity index (χ1v) is 7.85. The number of aromatic amines is 2.